The molecular formula is C10H23N3O. The second-order valence-electron chi connectivity index (χ2n) is 4.25. The highest BCUT2D eigenvalue weighted by atomic mass is 16.1. The molecule has 1 atom stereocenters. The van der Waals surface area contributed by atoms with Gasteiger partial charge in [0, 0.05) is 12.6 Å². The molecule has 0 fully saturated rings. The molecule has 0 rings (SSSR count). The van der Waals surface area contributed by atoms with E-state index in [1.54, 1.807) is 6.92 Å². The first kappa shape index (κ1) is 13.4. The summed E-state index contributed by atoms with van der Waals surface area (Å²) in [4.78, 5) is 13.2. The molecule has 14 heavy (non-hydrogen) atoms. The molecule has 4 N–H and O–H groups in total. The van der Waals surface area contributed by atoms with E-state index in [0.29, 0.717) is 12.5 Å². The van der Waals surface area contributed by atoms with E-state index in [9.17, 15) is 4.79 Å². The van der Waals surface area contributed by atoms with Crippen LogP contribution in [0.3, 0.4) is 0 Å². The number of primary amides is 1. The molecule has 0 aromatic carbocycles. The summed E-state index contributed by atoms with van der Waals surface area (Å²) in [6.45, 7) is 9.81. The van der Waals surface area contributed by atoms with E-state index < -0.39 is 11.4 Å². The molecule has 0 aliphatic carbocycles. The molecule has 1 unspecified atom stereocenters. The summed E-state index contributed by atoms with van der Waals surface area (Å²) in [5.74, 6) is -0.433. The van der Waals surface area contributed by atoms with Gasteiger partial charge in [0.05, 0.1) is 5.54 Å². The first-order chi connectivity index (χ1) is 6.31. The Morgan fingerprint density at radius 3 is 2.29 bits per heavy atom. The predicted octanol–water partition coefficient (Wildman–Crippen LogP) is 0.310. The van der Waals surface area contributed by atoms with Crippen LogP contribution in [-0.4, -0.2) is 35.5 Å². The number of nitrogens with two attached hydrogens (primary N) is 2. The summed E-state index contributed by atoms with van der Waals surface area (Å²) >= 11 is 0. The first-order valence-corrected chi connectivity index (χ1v) is 5.14. The molecule has 0 heterocycles. The van der Waals surface area contributed by atoms with Crippen LogP contribution in [0, 0.1) is 0 Å². The summed E-state index contributed by atoms with van der Waals surface area (Å²) in [6, 6.07) is 0.476. The minimum absolute atomic E-state index is 0.433. The Hall–Kier alpha value is -0.610. The molecule has 4 heteroatoms. The smallest absolute Gasteiger partial charge is 0.237 e. The van der Waals surface area contributed by atoms with Crippen LogP contribution in [0.1, 0.15) is 34.1 Å². The molecule has 0 spiro atoms. The lowest BCUT2D eigenvalue weighted by Crippen LogP contribution is -2.51. The van der Waals surface area contributed by atoms with Crippen LogP contribution in [0.2, 0.25) is 0 Å². The predicted molar refractivity (Wildman–Crippen MR) is 58.8 cm³/mol. The van der Waals surface area contributed by atoms with Crippen molar-refractivity contribution < 1.29 is 4.79 Å². The van der Waals surface area contributed by atoms with Crippen molar-refractivity contribution in [3.8, 4) is 0 Å². The normalized spacial score (nSPS) is 15.9. The van der Waals surface area contributed by atoms with Crippen LogP contribution in [0.5, 0.6) is 0 Å². The van der Waals surface area contributed by atoms with Crippen molar-refractivity contribution in [2.24, 2.45) is 11.5 Å². The third kappa shape index (κ3) is 4.07. The zero-order chi connectivity index (χ0) is 11.4. The third-order valence-corrected chi connectivity index (χ3v) is 2.62. The molecule has 84 valence electrons. The van der Waals surface area contributed by atoms with E-state index in [1.807, 2.05) is 0 Å². The van der Waals surface area contributed by atoms with Gasteiger partial charge in [-0.25, -0.2) is 0 Å². The summed E-state index contributed by atoms with van der Waals surface area (Å²) < 4.78 is 0. The Morgan fingerprint density at radius 1 is 1.50 bits per heavy atom. The highest BCUT2D eigenvalue weighted by molar-refractivity contribution is 5.83. The van der Waals surface area contributed by atoms with Gasteiger partial charge in [0.25, 0.3) is 0 Å². The van der Waals surface area contributed by atoms with Crippen molar-refractivity contribution >= 4 is 5.91 Å². The average molecular weight is 201 g/mol. The van der Waals surface area contributed by atoms with Crippen LogP contribution in [-0.2, 0) is 4.79 Å². The van der Waals surface area contributed by atoms with Crippen molar-refractivity contribution in [2.75, 3.05) is 13.1 Å². The second kappa shape index (κ2) is 5.32. The van der Waals surface area contributed by atoms with Crippen LogP contribution in [0.25, 0.3) is 0 Å². The van der Waals surface area contributed by atoms with E-state index in [-0.39, 0.29) is 0 Å². The van der Waals surface area contributed by atoms with Crippen molar-refractivity contribution in [3.63, 3.8) is 0 Å². The lowest BCUT2D eigenvalue weighted by atomic mass is 9.98. The van der Waals surface area contributed by atoms with Gasteiger partial charge in [-0.05, 0) is 33.7 Å². The van der Waals surface area contributed by atoms with E-state index in [1.165, 1.54) is 0 Å². The Morgan fingerprint density at radius 2 is 2.00 bits per heavy atom. The molecular weight excluding hydrogens is 178 g/mol. The molecule has 0 saturated heterocycles. The minimum atomic E-state index is -0.887. The van der Waals surface area contributed by atoms with Crippen LogP contribution in [0.15, 0.2) is 0 Å². The topological polar surface area (TPSA) is 72.3 Å². The maximum absolute atomic E-state index is 11.0. The minimum Gasteiger partial charge on any atom is -0.368 e. The standard InChI is InChI=1S/C10H23N3O/c1-5-13(8(2)3)7-6-10(4,12)9(11)14/h8H,5-7,12H2,1-4H3,(H2,11,14). The fourth-order valence-electron chi connectivity index (χ4n) is 1.28. The van der Waals surface area contributed by atoms with Gasteiger partial charge in [0.15, 0.2) is 0 Å². The number of rotatable bonds is 6. The van der Waals surface area contributed by atoms with Crippen LogP contribution in [0.4, 0.5) is 0 Å². The SMILES string of the molecule is CCN(CCC(C)(N)C(N)=O)C(C)C. The zero-order valence-corrected chi connectivity index (χ0v) is 9.71. The van der Waals surface area contributed by atoms with E-state index >= 15 is 0 Å². The Kier molecular flexibility index (Phi) is 5.08. The Balaban J connectivity index is 4.09. The molecule has 0 aliphatic heterocycles. The summed E-state index contributed by atoms with van der Waals surface area (Å²) in [7, 11) is 0. The van der Waals surface area contributed by atoms with E-state index in [4.69, 9.17) is 11.5 Å². The monoisotopic (exact) mass is 201 g/mol. The van der Waals surface area contributed by atoms with Crippen molar-refractivity contribution in [3.05, 3.63) is 0 Å². The van der Waals surface area contributed by atoms with Crippen molar-refractivity contribution in [1.82, 2.24) is 4.90 Å². The molecule has 0 saturated carbocycles. The van der Waals surface area contributed by atoms with Gasteiger partial charge < -0.3 is 16.4 Å². The molecule has 0 aromatic heterocycles. The second-order valence-corrected chi connectivity index (χ2v) is 4.25. The quantitative estimate of drug-likeness (QED) is 0.649. The van der Waals surface area contributed by atoms with Crippen LogP contribution < -0.4 is 11.5 Å². The number of amides is 1. The average Bonchev–Trinajstić information content (AvgIpc) is 2.04. The number of hydrogen-bond acceptors (Lipinski definition) is 3. The van der Waals surface area contributed by atoms with Gasteiger partial charge in [0.1, 0.15) is 0 Å². The van der Waals surface area contributed by atoms with Gasteiger partial charge >= 0.3 is 0 Å². The highest BCUT2D eigenvalue weighted by Gasteiger charge is 2.26. The third-order valence-electron chi connectivity index (χ3n) is 2.62. The summed E-state index contributed by atoms with van der Waals surface area (Å²) in [5.41, 5.74) is 10.1. The van der Waals surface area contributed by atoms with Crippen molar-refractivity contribution in [2.45, 2.75) is 45.7 Å². The molecule has 0 aliphatic rings. The van der Waals surface area contributed by atoms with Gasteiger partial charge in [-0.15, -0.1) is 0 Å². The largest absolute Gasteiger partial charge is 0.368 e. The molecule has 0 bridgehead atoms. The number of nitrogens with zero attached hydrogens (tertiary/aromatic N) is 1. The van der Waals surface area contributed by atoms with Gasteiger partial charge in [-0.2, -0.15) is 0 Å². The summed E-state index contributed by atoms with van der Waals surface area (Å²) in [6.07, 6.45) is 0.606. The van der Waals surface area contributed by atoms with Gasteiger partial charge in [0.2, 0.25) is 5.91 Å². The molecule has 4 nitrogen and oxygen atoms in total. The van der Waals surface area contributed by atoms with Gasteiger partial charge in [-0.1, -0.05) is 6.92 Å². The fourth-order valence-corrected chi connectivity index (χ4v) is 1.28. The molecule has 1 amide bonds. The molecule has 0 aromatic rings. The van der Waals surface area contributed by atoms with E-state index in [2.05, 4.69) is 25.7 Å². The van der Waals surface area contributed by atoms with E-state index in [0.717, 1.165) is 13.1 Å². The Bertz CT molecular complexity index is 190. The fraction of sp³-hybridized carbons (Fsp3) is 0.900. The maximum Gasteiger partial charge on any atom is 0.237 e. The molecule has 0 radical (unpaired) electrons. The van der Waals surface area contributed by atoms with Crippen LogP contribution >= 0.6 is 0 Å². The van der Waals surface area contributed by atoms with Gasteiger partial charge in [-0.3, -0.25) is 4.79 Å². The summed E-state index contributed by atoms with van der Waals surface area (Å²) in [5, 5.41) is 0. The number of carbonyl (C=O) groups is 1. The highest BCUT2D eigenvalue weighted by Crippen LogP contribution is 2.08. The van der Waals surface area contributed by atoms with Crippen molar-refractivity contribution in [1.29, 1.82) is 0 Å². The zero-order valence-electron chi connectivity index (χ0n) is 9.71. The number of hydrogen-bond donors (Lipinski definition) is 2. The number of carbonyl (C=O) groups excluding carboxylic acids is 1. The maximum atomic E-state index is 11.0. The Labute approximate surface area is 86.6 Å². The first-order valence-electron chi connectivity index (χ1n) is 5.14. The lowest BCUT2D eigenvalue weighted by Gasteiger charge is -2.28. The lowest BCUT2D eigenvalue weighted by molar-refractivity contribution is -0.122.